The second-order valence-electron chi connectivity index (χ2n) is 4.79. The highest BCUT2D eigenvalue weighted by Gasteiger charge is 2.42. The van der Waals surface area contributed by atoms with Crippen molar-refractivity contribution in [3.05, 3.63) is 34.4 Å². The average Bonchev–Trinajstić information content (AvgIpc) is 2.45. The molecule has 0 saturated heterocycles. The van der Waals surface area contributed by atoms with Crippen molar-refractivity contribution in [1.29, 1.82) is 0 Å². The molecule has 1 aliphatic rings. The predicted molar refractivity (Wildman–Crippen MR) is 75.2 cm³/mol. The smallest absolute Gasteiger partial charge is 0.270 e. The summed E-state index contributed by atoms with van der Waals surface area (Å²) >= 11 is 0. The second kappa shape index (κ2) is 6.06. The summed E-state index contributed by atoms with van der Waals surface area (Å²) in [5.74, 6) is 0. The molecule has 1 fully saturated rings. The lowest BCUT2D eigenvalue weighted by Gasteiger charge is -2.42. The molecule has 21 heavy (non-hydrogen) atoms. The van der Waals surface area contributed by atoms with Gasteiger partial charge in [-0.05, 0) is 19.4 Å². The Bertz CT molecular complexity index is 632. The van der Waals surface area contributed by atoms with Gasteiger partial charge in [-0.1, -0.05) is 6.07 Å². The standard InChI is InChI=1S/C12H17N3O5S/c1-2-20-11-7-10(13)12(11)14-21(18,19)9-5-3-4-8(6-9)15(16)17/h3-6,10-12,14H,2,7,13H2,1H3. The van der Waals surface area contributed by atoms with E-state index in [-0.39, 0.29) is 22.7 Å². The van der Waals surface area contributed by atoms with Crippen molar-refractivity contribution in [3.8, 4) is 0 Å². The van der Waals surface area contributed by atoms with Crippen LogP contribution < -0.4 is 10.5 Å². The van der Waals surface area contributed by atoms with Crippen molar-refractivity contribution >= 4 is 15.7 Å². The van der Waals surface area contributed by atoms with Crippen LogP contribution in [0.25, 0.3) is 0 Å². The molecular formula is C12H17N3O5S. The maximum Gasteiger partial charge on any atom is 0.270 e. The predicted octanol–water partition coefficient (Wildman–Crippen LogP) is 0.378. The lowest BCUT2D eigenvalue weighted by Crippen LogP contribution is -2.64. The molecule has 1 aromatic rings. The molecule has 0 aliphatic heterocycles. The van der Waals surface area contributed by atoms with Crippen LogP contribution >= 0.6 is 0 Å². The molecule has 0 bridgehead atoms. The molecule has 0 heterocycles. The topological polar surface area (TPSA) is 125 Å². The van der Waals surface area contributed by atoms with Crippen LogP contribution in [0.4, 0.5) is 5.69 Å². The summed E-state index contributed by atoms with van der Waals surface area (Å²) in [6, 6.07) is 4.03. The molecule has 0 aromatic heterocycles. The summed E-state index contributed by atoms with van der Waals surface area (Å²) in [5, 5.41) is 10.7. The second-order valence-corrected chi connectivity index (χ2v) is 6.51. The number of hydrogen-bond donors (Lipinski definition) is 2. The van der Waals surface area contributed by atoms with Crippen molar-refractivity contribution in [2.75, 3.05) is 6.61 Å². The van der Waals surface area contributed by atoms with Crippen molar-refractivity contribution in [2.24, 2.45) is 5.73 Å². The molecule has 3 atom stereocenters. The van der Waals surface area contributed by atoms with Crippen LogP contribution in [0.15, 0.2) is 29.2 Å². The van der Waals surface area contributed by atoms with Gasteiger partial charge in [0.05, 0.1) is 22.0 Å². The van der Waals surface area contributed by atoms with Gasteiger partial charge in [0, 0.05) is 24.8 Å². The van der Waals surface area contributed by atoms with Crippen LogP contribution in [0.3, 0.4) is 0 Å². The number of rotatable bonds is 6. The van der Waals surface area contributed by atoms with Crippen LogP contribution in [-0.4, -0.2) is 38.1 Å². The quantitative estimate of drug-likeness (QED) is 0.577. The zero-order chi connectivity index (χ0) is 15.6. The molecule has 1 aromatic carbocycles. The first-order chi connectivity index (χ1) is 9.85. The monoisotopic (exact) mass is 315 g/mol. The summed E-state index contributed by atoms with van der Waals surface area (Å²) < 4.78 is 32.4. The first kappa shape index (κ1) is 15.8. The fourth-order valence-electron chi connectivity index (χ4n) is 2.20. The lowest BCUT2D eigenvalue weighted by molar-refractivity contribution is -0.385. The highest BCUT2D eigenvalue weighted by molar-refractivity contribution is 7.89. The van der Waals surface area contributed by atoms with Gasteiger partial charge in [0.2, 0.25) is 10.0 Å². The molecule has 2 rings (SSSR count). The lowest BCUT2D eigenvalue weighted by atomic mass is 9.84. The minimum atomic E-state index is -3.87. The molecule has 0 spiro atoms. The zero-order valence-electron chi connectivity index (χ0n) is 11.4. The van der Waals surface area contributed by atoms with Crippen LogP contribution in [0, 0.1) is 10.1 Å². The van der Waals surface area contributed by atoms with E-state index in [1.54, 1.807) is 0 Å². The van der Waals surface area contributed by atoms with E-state index in [1.165, 1.54) is 18.2 Å². The van der Waals surface area contributed by atoms with Gasteiger partial charge in [-0.15, -0.1) is 0 Å². The Morgan fingerprint density at radius 2 is 2.24 bits per heavy atom. The largest absolute Gasteiger partial charge is 0.377 e. The van der Waals surface area contributed by atoms with E-state index in [9.17, 15) is 18.5 Å². The van der Waals surface area contributed by atoms with Gasteiger partial charge < -0.3 is 10.5 Å². The number of nitrogens with zero attached hydrogens (tertiary/aromatic N) is 1. The van der Waals surface area contributed by atoms with E-state index in [4.69, 9.17) is 10.5 Å². The van der Waals surface area contributed by atoms with Gasteiger partial charge in [-0.25, -0.2) is 13.1 Å². The number of ether oxygens (including phenoxy) is 1. The molecule has 3 N–H and O–H groups in total. The minimum Gasteiger partial charge on any atom is -0.377 e. The molecular weight excluding hydrogens is 298 g/mol. The number of nitrogens with one attached hydrogen (secondary N) is 1. The summed E-state index contributed by atoms with van der Waals surface area (Å²) in [4.78, 5) is 9.91. The first-order valence-electron chi connectivity index (χ1n) is 6.49. The highest BCUT2D eigenvalue weighted by Crippen LogP contribution is 2.25. The number of non-ortho nitro benzene ring substituents is 1. The Kier molecular flexibility index (Phi) is 4.57. The van der Waals surface area contributed by atoms with Crippen molar-refractivity contribution in [2.45, 2.75) is 36.4 Å². The van der Waals surface area contributed by atoms with Gasteiger partial charge in [0.25, 0.3) is 5.69 Å². The van der Waals surface area contributed by atoms with E-state index in [0.717, 1.165) is 6.07 Å². The van der Waals surface area contributed by atoms with Crippen LogP contribution in [0.2, 0.25) is 0 Å². The van der Waals surface area contributed by atoms with E-state index >= 15 is 0 Å². The zero-order valence-corrected chi connectivity index (χ0v) is 12.2. The molecule has 1 saturated carbocycles. The minimum absolute atomic E-state index is 0.161. The third-order valence-electron chi connectivity index (χ3n) is 3.38. The van der Waals surface area contributed by atoms with E-state index < -0.39 is 21.0 Å². The maximum absolute atomic E-state index is 12.3. The molecule has 9 heteroatoms. The molecule has 1 aliphatic carbocycles. The maximum atomic E-state index is 12.3. The van der Waals surface area contributed by atoms with E-state index in [2.05, 4.69) is 4.72 Å². The van der Waals surface area contributed by atoms with Gasteiger partial charge in [0.1, 0.15) is 0 Å². The van der Waals surface area contributed by atoms with Gasteiger partial charge in [-0.3, -0.25) is 10.1 Å². The fourth-order valence-corrected chi connectivity index (χ4v) is 3.56. The Hall–Kier alpha value is -1.55. The molecule has 0 radical (unpaired) electrons. The number of benzene rings is 1. The third kappa shape index (κ3) is 3.38. The SMILES string of the molecule is CCOC1CC(N)C1NS(=O)(=O)c1cccc([N+](=O)[O-])c1. The Morgan fingerprint density at radius 1 is 1.52 bits per heavy atom. The number of nitrogens with two attached hydrogens (primary N) is 1. The summed E-state index contributed by atoms with van der Waals surface area (Å²) in [7, 11) is -3.87. The number of nitro benzene ring substituents is 1. The summed E-state index contributed by atoms with van der Waals surface area (Å²) in [6.07, 6.45) is 0.314. The van der Waals surface area contributed by atoms with Crippen molar-refractivity contribution in [1.82, 2.24) is 4.72 Å². The average molecular weight is 315 g/mol. The number of sulfonamides is 1. The summed E-state index contributed by atoms with van der Waals surface area (Å²) in [5.41, 5.74) is 5.51. The highest BCUT2D eigenvalue weighted by atomic mass is 32.2. The molecule has 116 valence electrons. The van der Waals surface area contributed by atoms with Crippen LogP contribution in [-0.2, 0) is 14.8 Å². The van der Waals surface area contributed by atoms with Gasteiger partial charge >= 0.3 is 0 Å². The first-order valence-corrected chi connectivity index (χ1v) is 7.97. The Balaban J connectivity index is 2.18. The normalized spacial score (nSPS) is 25.3. The fraction of sp³-hybridized carbons (Fsp3) is 0.500. The summed E-state index contributed by atoms with van der Waals surface area (Å²) in [6.45, 7) is 2.28. The van der Waals surface area contributed by atoms with E-state index in [1.807, 2.05) is 6.92 Å². The van der Waals surface area contributed by atoms with Gasteiger partial charge in [0.15, 0.2) is 0 Å². The number of nitro groups is 1. The van der Waals surface area contributed by atoms with Gasteiger partial charge in [-0.2, -0.15) is 0 Å². The molecule has 8 nitrogen and oxygen atoms in total. The number of hydrogen-bond acceptors (Lipinski definition) is 6. The van der Waals surface area contributed by atoms with Crippen molar-refractivity contribution in [3.63, 3.8) is 0 Å². The van der Waals surface area contributed by atoms with Crippen LogP contribution in [0.1, 0.15) is 13.3 Å². The third-order valence-corrected chi connectivity index (χ3v) is 4.83. The molecule has 0 amide bonds. The molecule has 3 unspecified atom stereocenters. The van der Waals surface area contributed by atoms with Crippen molar-refractivity contribution < 1.29 is 18.1 Å². The Morgan fingerprint density at radius 3 is 2.81 bits per heavy atom. The van der Waals surface area contributed by atoms with E-state index in [0.29, 0.717) is 13.0 Å². The Labute approximate surface area is 122 Å². The van der Waals surface area contributed by atoms with Crippen LogP contribution in [0.5, 0.6) is 0 Å².